The Morgan fingerprint density at radius 1 is 0.577 bits per heavy atom. The largest absolute Gasteiger partial charge is 0.507 e. The number of nitriles is 1. The van der Waals surface area contributed by atoms with Crippen LogP contribution >= 0.6 is 109 Å². The first-order valence-electron chi connectivity index (χ1n) is 21.3. The number of carbonyl (C=O) groups is 5. The van der Waals surface area contributed by atoms with Crippen LogP contribution in [0, 0.1) is 18.5 Å². The number of phenols is 1. The summed E-state index contributed by atoms with van der Waals surface area (Å²) in [5.74, 6) is 1.98. The van der Waals surface area contributed by atoms with Crippen LogP contribution in [0.1, 0.15) is 65.5 Å². The van der Waals surface area contributed by atoms with Gasteiger partial charge in [0.2, 0.25) is 0 Å². The Morgan fingerprint density at radius 3 is 1.55 bits per heavy atom. The van der Waals surface area contributed by atoms with Gasteiger partial charge in [-0.15, -0.1) is 0 Å². The summed E-state index contributed by atoms with van der Waals surface area (Å²) in [7, 11) is 7.23. The Kier molecular flexibility index (Phi) is 27.5. The van der Waals surface area contributed by atoms with Crippen LogP contribution in [0.15, 0.2) is 96.8 Å². The molecule has 0 amide bonds. The van der Waals surface area contributed by atoms with Gasteiger partial charge in [-0.25, -0.2) is 0 Å². The second-order valence-electron chi connectivity index (χ2n) is 14.8. The molecule has 0 saturated heterocycles. The fourth-order valence-electron chi connectivity index (χ4n) is 6.49. The standard InChI is InChI=1S/C12H12BrNO3.C11H12BrIO3.C10H10BrIO3.C9H7BrO2.C9H8O2/c1-16-11(15)4-3-8-5-10(13)6-9(7-14)12(8)17-2;1-15-10(14)4-3-7-5-8(12)6-9(13)11(7)16-2;1-15-9(13)3-2-6-4-7(11)5-8(12)10(6)14;10-7-2-3-8-6(5-7)1-4-9(11)12-8;10-9-6-5-7-3-1-2-4-8(7)11-9/h5-6H,3-4H2,1-2H3;5-6H,3-4H2,1-2H3;4-5,14H,2-3H2,1H3;2-3,5H,1,4H2;1-4H,5-6H2. The van der Waals surface area contributed by atoms with E-state index in [0.717, 1.165) is 77.2 Å². The fourth-order valence-corrected chi connectivity index (χ4v) is 10.9. The highest BCUT2D eigenvalue weighted by atomic mass is 127. The summed E-state index contributed by atoms with van der Waals surface area (Å²) < 4.78 is 39.7. The normalized spacial score (nSPS) is 11.6. The highest BCUT2D eigenvalue weighted by Gasteiger charge is 2.18. The third-order valence-corrected chi connectivity index (χ3v) is 13.5. The minimum atomic E-state index is -0.287. The van der Waals surface area contributed by atoms with E-state index in [0.29, 0.717) is 55.6 Å². The number of ether oxygens (including phenoxy) is 7. The van der Waals surface area contributed by atoms with Crippen LogP contribution in [0.3, 0.4) is 0 Å². The van der Waals surface area contributed by atoms with Gasteiger partial charge in [-0.1, -0.05) is 81.9 Å². The molecule has 71 heavy (non-hydrogen) atoms. The second kappa shape index (κ2) is 32.0. The molecule has 0 aromatic heterocycles. The third kappa shape index (κ3) is 21.0. The number of benzene rings is 5. The van der Waals surface area contributed by atoms with Crippen molar-refractivity contribution in [2.75, 3.05) is 35.5 Å². The number of hydrogen-bond donors (Lipinski definition) is 1. The van der Waals surface area contributed by atoms with Crippen molar-refractivity contribution in [3.8, 4) is 34.8 Å². The highest BCUT2D eigenvalue weighted by molar-refractivity contribution is 14.1. The number of halogens is 6. The van der Waals surface area contributed by atoms with E-state index in [1.807, 2.05) is 89.3 Å². The number of carbonyl (C=O) groups excluding carboxylic acids is 5. The van der Waals surface area contributed by atoms with Crippen LogP contribution in [-0.2, 0) is 70.3 Å². The average Bonchev–Trinajstić information content (AvgIpc) is 3.35. The SMILES string of the molecule is COC(=O)CCc1cc(Br)cc(C#N)c1OC.COC(=O)CCc1cc(Br)cc(I)c1O.COC(=O)CCc1cc(Br)cc(I)c1OC.O=C1CCc2cc(Br)ccc2O1.O=C1CCc2ccccc2O1. The molecular weight excluding hydrogens is 1410 g/mol. The van der Waals surface area contributed by atoms with E-state index in [-0.39, 0.29) is 48.4 Å². The van der Waals surface area contributed by atoms with Crippen molar-refractivity contribution < 1.29 is 62.2 Å². The van der Waals surface area contributed by atoms with Crippen LogP contribution in [0.2, 0.25) is 0 Å². The lowest BCUT2D eigenvalue weighted by Gasteiger charge is -2.14. The zero-order valence-electron chi connectivity index (χ0n) is 39.1. The van der Waals surface area contributed by atoms with E-state index in [2.05, 4.69) is 107 Å². The van der Waals surface area contributed by atoms with Crippen LogP contribution < -0.4 is 18.9 Å². The molecule has 14 nitrogen and oxygen atoms in total. The molecule has 0 fully saturated rings. The Bertz CT molecular complexity index is 2710. The van der Waals surface area contributed by atoms with Crippen molar-refractivity contribution in [3.05, 3.63) is 137 Å². The van der Waals surface area contributed by atoms with Crippen molar-refractivity contribution in [2.24, 2.45) is 0 Å². The Morgan fingerprint density at radius 2 is 1.03 bits per heavy atom. The molecule has 2 aliphatic rings. The number of fused-ring (bicyclic) bond motifs is 2. The molecule has 7 rings (SSSR count). The molecule has 0 unspecified atom stereocenters. The molecule has 378 valence electrons. The molecule has 0 bridgehead atoms. The summed E-state index contributed by atoms with van der Waals surface area (Å²) in [6.07, 6.45) is 5.07. The molecule has 0 spiro atoms. The molecule has 0 radical (unpaired) electrons. The molecule has 5 aromatic carbocycles. The van der Waals surface area contributed by atoms with E-state index in [4.69, 9.17) is 24.2 Å². The van der Waals surface area contributed by atoms with Crippen LogP contribution in [0.4, 0.5) is 0 Å². The number of aryl methyl sites for hydroxylation is 5. The number of hydrogen-bond acceptors (Lipinski definition) is 14. The first-order chi connectivity index (χ1) is 33.9. The zero-order chi connectivity index (χ0) is 52.6. The lowest BCUT2D eigenvalue weighted by molar-refractivity contribution is -0.141. The van der Waals surface area contributed by atoms with Crippen LogP contribution in [-0.4, -0.2) is 70.5 Å². The van der Waals surface area contributed by atoms with E-state index >= 15 is 0 Å². The lowest BCUT2D eigenvalue weighted by atomic mass is 10.0. The quantitative estimate of drug-likeness (QED) is 0.0568. The number of phenolic OH excluding ortho intramolecular Hbond substituents is 1. The van der Waals surface area contributed by atoms with Crippen molar-refractivity contribution in [1.82, 2.24) is 0 Å². The first kappa shape index (κ1) is 61.0. The van der Waals surface area contributed by atoms with Gasteiger partial charge in [0.1, 0.15) is 34.8 Å². The van der Waals surface area contributed by atoms with E-state index in [1.54, 1.807) is 19.2 Å². The van der Waals surface area contributed by atoms with Gasteiger partial charge in [-0.2, -0.15) is 5.26 Å². The van der Waals surface area contributed by atoms with Gasteiger partial charge in [-0.05, 0) is 166 Å². The summed E-state index contributed by atoms with van der Waals surface area (Å²) in [6.45, 7) is 0. The topological polar surface area (TPSA) is 194 Å². The van der Waals surface area contributed by atoms with Crippen molar-refractivity contribution in [3.63, 3.8) is 0 Å². The summed E-state index contributed by atoms with van der Waals surface area (Å²) in [4.78, 5) is 54.8. The Hall–Kier alpha value is -4.28. The number of aromatic hydroxyl groups is 1. The summed E-state index contributed by atoms with van der Waals surface area (Å²) in [6, 6.07) is 26.5. The predicted octanol–water partition coefficient (Wildman–Crippen LogP) is 12.3. The number of para-hydroxylation sites is 1. The van der Waals surface area contributed by atoms with Gasteiger partial charge >= 0.3 is 29.8 Å². The van der Waals surface area contributed by atoms with E-state index in [9.17, 15) is 29.1 Å². The number of rotatable bonds is 11. The maximum atomic E-state index is 11.1. The first-order valence-corrected chi connectivity index (χ1v) is 26.6. The molecule has 20 heteroatoms. The van der Waals surface area contributed by atoms with Crippen molar-refractivity contribution in [2.45, 2.75) is 64.2 Å². The number of nitrogens with zero attached hydrogens (tertiary/aromatic N) is 1. The second-order valence-corrected chi connectivity index (χ2v) is 20.8. The molecule has 0 saturated carbocycles. The maximum absolute atomic E-state index is 11.1. The van der Waals surface area contributed by atoms with Crippen molar-refractivity contribution >= 4 is 139 Å². The minimum absolute atomic E-state index is 0.122. The average molecular weight is 1460 g/mol. The number of methoxy groups -OCH3 is 5. The lowest BCUT2D eigenvalue weighted by Crippen LogP contribution is -2.15. The van der Waals surface area contributed by atoms with Gasteiger partial charge in [0.15, 0.2) is 0 Å². The predicted molar refractivity (Wildman–Crippen MR) is 297 cm³/mol. The fraction of sp³-hybridized carbons (Fsp3) is 0.294. The smallest absolute Gasteiger partial charge is 0.311 e. The minimum Gasteiger partial charge on any atom is -0.507 e. The molecule has 2 aliphatic heterocycles. The van der Waals surface area contributed by atoms with Gasteiger partial charge in [0.05, 0.1) is 61.1 Å². The highest BCUT2D eigenvalue weighted by Crippen LogP contribution is 2.33. The molecule has 1 N–H and O–H groups in total. The summed E-state index contributed by atoms with van der Waals surface area (Å²) >= 11 is 17.7. The molecule has 5 aromatic rings. The maximum Gasteiger partial charge on any atom is 0.311 e. The van der Waals surface area contributed by atoms with Gasteiger partial charge < -0.3 is 38.3 Å². The molecule has 0 aliphatic carbocycles. The Balaban J connectivity index is 0.000000236. The van der Waals surface area contributed by atoms with Crippen LogP contribution in [0.5, 0.6) is 28.7 Å². The summed E-state index contributed by atoms with van der Waals surface area (Å²) in [5.41, 5.74) is 5.24. The van der Waals surface area contributed by atoms with Gasteiger partial charge in [0, 0.05) is 37.2 Å². The third-order valence-electron chi connectivity index (χ3n) is 9.97. The van der Waals surface area contributed by atoms with E-state index in [1.165, 1.54) is 28.4 Å². The molecular formula is C51H49Br4I2NO13. The van der Waals surface area contributed by atoms with E-state index < -0.39 is 0 Å². The molecule has 2 heterocycles. The molecule has 0 atom stereocenters. The Labute approximate surface area is 473 Å². The monoisotopic (exact) mass is 1450 g/mol. The zero-order valence-corrected chi connectivity index (χ0v) is 49.8. The number of esters is 5. The van der Waals surface area contributed by atoms with Gasteiger partial charge in [-0.3, -0.25) is 24.0 Å². The summed E-state index contributed by atoms with van der Waals surface area (Å²) in [5, 5.41) is 18.7. The van der Waals surface area contributed by atoms with Crippen molar-refractivity contribution in [1.29, 1.82) is 5.26 Å². The van der Waals surface area contributed by atoms with Crippen LogP contribution in [0.25, 0.3) is 0 Å². The van der Waals surface area contributed by atoms with Gasteiger partial charge in [0.25, 0.3) is 0 Å².